The highest BCUT2D eigenvalue weighted by Crippen LogP contribution is 2.38. The van der Waals surface area contributed by atoms with Gasteiger partial charge in [0.1, 0.15) is 24.0 Å². The first-order valence-corrected chi connectivity index (χ1v) is 8.28. The minimum atomic E-state index is -1.90. The molecule has 8 nitrogen and oxygen atoms in total. The number of anilines is 1. The number of carbonyl (C=O) groups excluding carboxylic acids is 1. The molecule has 1 aliphatic heterocycles. The Balaban J connectivity index is 1.98. The largest absolute Gasteiger partial charge is 0.446 e. The molecule has 1 unspecified atom stereocenters. The van der Waals surface area contributed by atoms with Crippen molar-refractivity contribution in [3.05, 3.63) is 58.9 Å². The molecule has 5 N–H and O–H groups in total. The van der Waals surface area contributed by atoms with Crippen LogP contribution in [0.1, 0.15) is 28.0 Å². The Kier molecular flexibility index (Phi) is 5.38. The molecule has 1 aliphatic rings. The number of pyridine rings is 1. The second-order valence-electron chi connectivity index (χ2n) is 6.29. The first kappa shape index (κ1) is 20.1. The first-order valence-electron chi connectivity index (χ1n) is 8.28. The van der Waals surface area contributed by atoms with Crippen LogP contribution in [0.5, 0.6) is 0 Å². The average Bonchev–Trinajstić information content (AvgIpc) is 2.69. The van der Waals surface area contributed by atoms with Gasteiger partial charge in [0.05, 0.1) is 5.56 Å². The normalized spacial score (nSPS) is 20.9. The van der Waals surface area contributed by atoms with E-state index in [1.54, 1.807) is 0 Å². The van der Waals surface area contributed by atoms with Crippen LogP contribution >= 0.6 is 0 Å². The Labute approximate surface area is 163 Å². The molecule has 0 saturated heterocycles. The van der Waals surface area contributed by atoms with Crippen molar-refractivity contribution in [2.24, 2.45) is 16.5 Å². The van der Waals surface area contributed by atoms with E-state index in [2.05, 4.69) is 15.3 Å². The van der Waals surface area contributed by atoms with E-state index < -0.39 is 47.6 Å². The van der Waals surface area contributed by atoms with Gasteiger partial charge in [-0.1, -0.05) is 0 Å². The number of hydrogen-bond acceptors (Lipinski definition) is 7. The predicted octanol–water partition coefficient (Wildman–Crippen LogP) is 1.67. The maximum absolute atomic E-state index is 14.5. The average molecular weight is 404 g/mol. The summed E-state index contributed by atoms with van der Waals surface area (Å²) in [7, 11) is 0. The maximum Gasteiger partial charge on any atom is 0.284 e. The lowest BCUT2D eigenvalue weighted by Crippen LogP contribution is -2.46. The van der Waals surface area contributed by atoms with E-state index in [4.69, 9.17) is 21.5 Å². The van der Waals surface area contributed by atoms with Crippen LogP contribution in [0.4, 0.5) is 18.9 Å². The number of alkyl halides is 1. The summed E-state index contributed by atoms with van der Waals surface area (Å²) >= 11 is 0. The van der Waals surface area contributed by atoms with Gasteiger partial charge >= 0.3 is 0 Å². The monoisotopic (exact) mass is 404 g/mol. The Hall–Kier alpha value is -3.65. The molecule has 11 heteroatoms. The van der Waals surface area contributed by atoms with Crippen LogP contribution in [0.15, 0.2) is 35.5 Å². The van der Waals surface area contributed by atoms with Gasteiger partial charge in [-0.2, -0.15) is 5.26 Å². The second kappa shape index (κ2) is 7.76. The van der Waals surface area contributed by atoms with Crippen molar-refractivity contribution in [3.8, 4) is 6.07 Å². The van der Waals surface area contributed by atoms with E-state index in [0.717, 1.165) is 12.1 Å². The zero-order valence-electron chi connectivity index (χ0n) is 14.8. The molecular weight excluding hydrogens is 389 g/mol. The molecule has 0 radical (unpaired) electrons. The van der Waals surface area contributed by atoms with Crippen LogP contribution in [0.25, 0.3) is 0 Å². The quantitative estimate of drug-likeness (QED) is 0.708. The topological polar surface area (TPSA) is 139 Å². The van der Waals surface area contributed by atoms with Crippen LogP contribution in [0.2, 0.25) is 0 Å². The molecule has 0 saturated carbocycles. The van der Waals surface area contributed by atoms with Gasteiger partial charge in [-0.25, -0.2) is 23.1 Å². The van der Waals surface area contributed by atoms with Gasteiger partial charge in [0.15, 0.2) is 17.9 Å². The number of hydrogen-bond donors (Lipinski definition) is 3. The Morgan fingerprint density at radius 1 is 1.41 bits per heavy atom. The second-order valence-corrected chi connectivity index (χ2v) is 6.29. The summed E-state index contributed by atoms with van der Waals surface area (Å²) in [5, 5.41) is 11.1. The lowest BCUT2D eigenvalue weighted by molar-refractivity contribution is 0.101. The van der Waals surface area contributed by atoms with Gasteiger partial charge in [0.2, 0.25) is 0 Å². The molecule has 29 heavy (non-hydrogen) atoms. The van der Waals surface area contributed by atoms with E-state index in [1.807, 2.05) is 6.07 Å². The van der Waals surface area contributed by atoms with E-state index in [-0.39, 0.29) is 23.4 Å². The van der Waals surface area contributed by atoms with Crippen molar-refractivity contribution in [2.45, 2.75) is 18.2 Å². The van der Waals surface area contributed by atoms with Crippen molar-refractivity contribution < 1.29 is 22.7 Å². The fraction of sp³-hybridized carbons (Fsp3) is 0.222. The summed E-state index contributed by atoms with van der Waals surface area (Å²) in [5.74, 6) is -3.41. The number of carbonyl (C=O) groups is 1. The Bertz CT molecular complexity index is 1020. The van der Waals surface area contributed by atoms with Gasteiger partial charge < -0.3 is 15.8 Å². The van der Waals surface area contributed by atoms with Gasteiger partial charge in [0, 0.05) is 29.9 Å². The minimum Gasteiger partial charge on any atom is -0.446 e. The van der Waals surface area contributed by atoms with Gasteiger partial charge in [-0.3, -0.25) is 10.5 Å². The third-order valence-corrected chi connectivity index (χ3v) is 4.27. The molecule has 1 aromatic heterocycles. The van der Waals surface area contributed by atoms with Gasteiger partial charge in [-0.15, -0.1) is 0 Å². The molecule has 150 valence electrons. The van der Waals surface area contributed by atoms with E-state index in [0.29, 0.717) is 0 Å². The molecule has 3 rings (SSSR count). The number of nitrogens with zero attached hydrogens (tertiary/aromatic N) is 3. The van der Waals surface area contributed by atoms with Gasteiger partial charge in [-0.05, 0) is 18.2 Å². The third-order valence-electron chi connectivity index (χ3n) is 4.27. The molecule has 0 bridgehead atoms. The highest BCUT2D eigenvalue weighted by Gasteiger charge is 2.42. The Morgan fingerprint density at radius 2 is 2.17 bits per heavy atom. The maximum atomic E-state index is 14.5. The van der Waals surface area contributed by atoms with Crippen LogP contribution in [-0.2, 0) is 10.3 Å². The molecule has 2 aromatic rings. The number of benzene rings is 1. The van der Waals surface area contributed by atoms with Crippen molar-refractivity contribution in [3.63, 3.8) is 0 Å². The van der Waals surface area contributed by atoms with Gasteiger partial charge in [0.25, 0.3) is 11.9 Å². The standard InChI is InChI=1S/C18H15F3N6O2/c19-8-18(5-14(23)29-17(24)27-18)11-3-10(4-12(20)15(11)21)26-16(28)13-2-1-9(6-22)7-25-13/h1-4,7,14H,5,8,23H2,(H2,24,27)(H,26,28)/t14?,18-/m0/s1. The summed E-state index contributed by atoms with van der Waals surface area (Å²) < 4.78 is 47.6. The first-order chi connectivity index (χ1) is 13.8. The van der Waals surface area contributed by atoms with Crippen LogP contribution in [-0.4, -0.2) is 29.8 Å². The Morgan fingerprint density at radius 3 is 2.76 bits per heavy atom. The number of nitrogens with two attached hydrogens (primary N) is 2. The van der Waals surface area contributed by atoms with Crippen LogP contribution in [0, 0.1) is 23.0 Å². The fourth-order valence-corrected chi connectivity index (χ4v) is 2.93. The number of amidine groups is 1. The van der Waals surface area contributed by atoms with E-state index in [9.17, 15) is 18.0 Å². The van der Waals surface area contributed by atoms with E-state index >= 15 is 0 Å². The molecule has 1 amide bonds. The van der Waals surface area contributed by atoms with Crippen LogP contribution in [0.3, 0.4) is 0 Å². The molecule has 2 heterocycles. The summed E-state index contributed by atoms with van der Waals surface area (Å²) in [6.07, 6.45) is -0.188. The van der Waals surface area contributed by atoms with E-state index in [1.165, 1.54) is 18.3 Å². The molecule has 0 fully saturated rings. The highest BCUT2D eigenvalue weighted by atomic mass is 19.2. The minimum absolute atomic E-state index is 0.0640. The number of amides is 1. The third kappa shape index (κ3) is 3.97. The smallest absolute Gasteiger partial charge is 0.284 e. The molecule has 0 aliphatic carbocycles. The van der Waals surface area contributed by atoms with Crippen molar-refractivity contribution in [2.75, 3.05) is 12.0 Å². The number of aliphatic imine (C=N–C) groups is 1. The lowest BCUT2D eigenvalue weighted by atomic mass is 9.86. The number of halogens is 3. The van der Waals surface area contributed by atoms with Crippen molar-refractivity contribution in [1.82, 2.24) is 4.98 Å². The molecule has 0 spiro atoms. The van der Waals surface area contributed by atoms with Crippen molar-refractivity contribution >= 4 is 17.6 Å². The number of nitriles is 1. The number of nitrogens with one attached hydrogen (secondary N) is 1. The predicted molar refractivity (Wildman–Crippen MR) is 96.2 cm³/mol. The summed E-state index contributed by atoms with van der Waals surface area (Å²) in [6, 6.07) is 5.84. The highest BCUT2D eigenvalue weighted by molar-refractivity contribution is 6.02. The SMILES string of the molecule is N#Cc1ccc(C(=O)Nc2cc(F)c(F)c([C@@]3(CF)CC(N)OC(N)=N3)c2)nc1. The number of rotatable bonds is 4. The molecule has 1 aromatic carbocycles. The summed E-state index contributed by atoms with van der Waals surface area (Å²) in [6.45, 7) is -1.23. The summed E-state index contributed by atoms with van der Waals surface area (Å²) in [5.41, 5.74) is 8.79. The summed E-state index contributed by atoms with van der Waals surface area (Å²) in [4.78, 5) is 19.9. The fourth-order valence-electron chi connectivity index (χ4n) is 2.93. The van der Waals surface area contributed by atoms with Crippen LogP contribution < -0.4 is 16.8 Å². The van der Waals surface area contributed by atoms with Crippen molar-refractivity contribution in [1.29, 1.82) is 5.26 Å². The number of ether oxygens (including phenoxy) is 1. The zero-order chi connectivity index (χ0) is 21.2. The molecule has 2 atom stereocenters. The zero-order valence-corrected chi connectivity index (χ0v) is 14.8. The number of aromatic nitrogens is 1. The lowest BCUT2D eigenvalue weighted by Gasteiger charge is -2.34. The molecular formula is C18H15F3N6O2.